The van der Waals surface area contributed by atoms with E-state index in [1.165, 1.54) is 18.2 Å². The lowest BCUT2D eigenvalue weighted by atomic mass is 10.1. The topological polar surface area (TPSA) is 113 Å². The minimum atomic E-state index is -1.23. The highest BCUT2D eigenvalue weighted by Gasteiger charge is 2.18. The summed E-state index contributed by atoms with van der Waals surface area (Å²) in [5.74, 6) is -1.23. The third-order valence-electron chi connectivity index (χ3n) is 2.26. The minimum absolute atomic E-state index is 0.0750. The summed E-state index contributed by atoms with van der Waals surface area (Å²) in [4.78, 5) is 20.8. The van der Waals surface area contributed by atoms with Crippen LogP contribution in [0.2, 0.25) is 5.02 Å². The molecule has 98 valence electrons. The number of aliphatic carboxylic acids is 1. The van der Waals surface area contributed by atoms with Crippen molar-refractivity contribution in [2.75, 3.05) is 6.61 Å². The Balaban J connectivity index is 2.86. The Labute approximate surface area is 107 Å². The first-order valence-electron chi connectivity index (χ1n) is 4.95. The Morgan fingerprint density at radius 2 is 2.22 bits per heavy atom. The molecule has 7 nitrogen and oxygen atoms in total. The number of nitro groups is 1. The Kier molecular flexibility index (Phi) is 5.02. The van der Waals surface area contributed by atoms with Crippen molar-refractivity contribution < 1.29 is 19.9 Å². The molecule has 0 saturated carbocycles. The average molecular weight is 275 g/mol. The van der Waals surface area contributed by atoms with E-state index < -0.39 is 23.5 Å². The summed E-state index contributed by atoms with van der Waals surface area (Å²) in [6, 6.07) is 2.82. The molecule has 0 spiro atoms. The predicted octanol–water partition coefficient (Wildman–Crippen LogP) is 0.783. The largest absolute Gasteiger partial charge is 0.480 e. The third kappa shape index (κ3) is 3.66. The fourth-order valence-corrected chi connectivity index (χ4v) is 1.53. The van der Waals surface area contributed by atoms with Gasteiger partial charge in [0.15, 0.2) is 0 Å². The van der Waals surface area contributed by atoms with Crippen molar-refractivity contribution >= 4 is 23.3 Å². The van der Waals surface area contributed by atoms with Crippen molar-refractivity contribution in [1.29, 1.82) is 0 Å². The predicted molar refractivity (Wildman–Crippen MR) is 63.5 cm³/mol. The molecule has 0 saturated heterocycles. The molecule has 0 amide bonds. The smallest absolute Gasteiger partial charge is 0.323 e. The van der Waals surface area contributed by atoms with Crippen molar-refractivity contribution in [1.82, 2.24) is 5.32 Å². The summed E-state index contributed by atoms with van der Waals surface area (Å²) in [6.45, 7) is -0.682. The van der Waals surface area contributed by atoms with E-state index in [-0.39, 0.29) is 17.8 Å². The normalized spacial score (nSPS) is 12.1. The van der Waals surface area contributed by atoms with Gasteiger partial charge in [0.05, 0.1) is 11.5 Å². The summed E-state index contributed by atoms with van der Waals surface area (Å²) in [6.07, 6.45) is 0. The van der Waals surface area contributed by atoms with Gasteiger partial charge in [-0.05, 0) is 12.1 Å². The number of carbonyl (C=O) groups is 1. The molecule has 0 aliphatic rings. The van der Waals surface area contributed by atoms with Gasteiger partial charge in [0.2, 0.25) is 0 Å². The number of aliphatic hydroxyl groups excluding tert-OH is 1. The standard InChI is InChI=1S/C10H11ClN2O5/c11-7-1-2-9(13(17)18)6(3-7)4-12-8(5-14)10(15)16/h1-3,8,12,14H,4-5H2,(H,15,16). The number of nitrogens with one attached hydrogen (secondary N) is 1. The molecule has 8 heteroatoms. The number of hydrogen-bond donors (Lipinski definition) is 3. The van der Waals surface area contributed by atoms with Crippen LogP contribution in [0.3, 0.4) is 0 Å². The first-order valence-corrected chi connectivity index (χ1v) is 5.33. The van der Waals surface area contributed by atoms with Crippen LogP contribution in [0.5, 0.6) is 0 Å². The van der Waals surface area contributed by atoms with Crippen LogP contribution in [0.25, 0.3) is 0 Å². The van der Waals surface area contributed by atoms with E-state index in [2.05, 4.69) is 5.32 Å². The van der Waals surface area contributed by atoms with Crippen LogP contribution in [0.15, 0.2) is 18.2 Å². The molecule has 1 aromatic rings. The zero-order valence-electron chi connectivity index (χ0n) is 9.17. The van der Waals surface area contributed by atoms with Gasteiger partial charge >= 0.3 is 5.97 Å². The quantitative estimate of drug-likeness (QED) is 0.522. The monoisotopic (exact) mass is 274 g/mol. The fourth-order valence-electron chi connectivity index (χ4n) is 1.34. The minimum Gasteiger partial charge on any atom is -0.480 e. The number of nitrogens with zero attached hydrogens (tertiary/aromatic N) is 1. The first-order chi connectivity index (χ1) is 8.45. The van der Waals surface area contributed by atoms with Crippen molar-refractivity contribution in [3.8, 4) is 0 Å². The number of nitro benzene ring substituents is 1. The SMILES string of the molecule is O=C(O)C(CO)NCc1cc(Cl)ccc1[N+](=O)[O-]. The number of benzene rings is 1. The summed E-state index contributed by atoms with van der Waals surface area (Å²) < 4.78 is 0. The molecule has 0 aliphatic heterocycles. The molecular weight excluding hydrogens is 264 g/mol. The van der Waals surface area contributed by atoms with Gasteiger partial charge in [-0.15, -0.1) is 0 Å². The van der Waals surface area contributed by atoms with E-state index >= 15 is 0 Å². The summed E-state index contributed by atoms with van der Waals surface area (Å²) >= 11 is 5.72. The Morgan fingerprint density at radius 3 is 2.72 bits per heavy atom. The molecule has 1 unspecified atom stereocenters. The molecule has 0 aromatic heterocycles. The number of hydrogen-bond acceptors (Lipinski definition) is 5. The van der Waals surface area contributed by atoms with Crippen molar-refractivity contribution in [2.45, 2.75) is 12.6 Å². The van der Waals surface area contributed by atoms with Crippen LogP contribution in [0.1, 0.15) is 5.56 Å². The van der Waals surface area contributed by atoms with Crippen LogP contribution < -0.4 is 5.32 Å². The van der Waals surface area contributed by atoms with Gasteiger partial charge < -0.3 is 10.2 Å². The first kappa shape index (κ1) is 14.4. The van der Waals surface area contributed by atoms with Gasteiger partial charge in [-0.2, -0.15) is 0 Å². The number of carboxylic acid groups (broad SMARTS) is 1. The van der Waals surface area contributed by atoms with Gasteiger partial charge in [-0.25, -0.2) is 0 Å². The molecule has 0 bridgehead atoms. The second-order valence-corrected chi connectivity index (χ2v) is 3.92. The van der Waals surface area contributed by atoms with Crippen LogP contribution >= 0.6 is 11.6 Å². The average Bonchev–Trinajstić information content (AvgIpc) is 2.29. The third-order valence-corrected chi connectivity index (χ3v) is 2.49. The number of aliphatic hydroxyl groups is 1. The Bertz CT molecular complexity index is 466. The molecule has 3 N–H and O–H groups in total. The molecule has 1 atom stereocenters. The second-order valence-electron chi connectivity index (χ2n) is 3.48. The fraction of sp³-hybridized carbons (Fsp3) is 0.300. The summed E-state index contributed by atoms with van der Waals surface area (Å²) in [5.41, 5.74) is 0.0983. The van der Waals surface area contributed by atoms with Gasteiger partial charge in [-0.1, -0.05) is 11.6 Å². The lowest BCUT2D eigenvalue weighted by molar-refractivity contribution is -0.385. The highest BCUT2D eigenvalue weighted by molar-refractivity contribution is 6.30. The van der Waals surface area contributed by atoms with Gasteiger partial charge in [0.25, 0.3) is 5.69 Å². The van der Waals surface area contributed by atoms with Crippen LogP contribution in [-0.4, -0.2) is 33.8 Å². The van der Waals surface area contributed by atoms with Gasteiger partial charge in [0.1, 0.15) is 6.04 Å². The van der Waals surface area contributed by atoms with Gasteiger partial charge in [0, 0.05) is 23.2 Å². The lowest BCUT2D eigenvalue weighted by Gasteiger charge is -2.11. The van der Waals surface area contributed by atoms with Crippen LogP contribution in [-0.2, 0) is 11.3 Å². The number of rotatable bonds is 6. The van der Waals surface area contributed by atoms with E-state index in [9.17, 15) is 14.9 Å². The summed E-state index contributed by atoms with van der Waals surface area (Å²) in [5, 5.41) is 31.1. The van der Waals surface area contributed by atoms with Crippen molar-refractivity contribution in [3.05, 3.63) is 38.9 Å². The molecule has 0 radical (unpaired) electrons. The maximum atomic E-state index is 10.8. The van der Waals surface area contributed by atoms with Gasteiger partial charge in [-0.3, -0.25) is 20.2 Å². The molecular formula is C10H11ClN2O5. The molecule has 0 heterocycles. The Morgan fingerprint density at radius 1 is 1.56 bits per heavy atom. The number of carboxylic acids is 1. The molecule has 1 aromatic carbocycles. The highest BCUT2D eigenvalue weighted by Crippen LogP contribution is 2.22. The highest BCUT2D eigenvalue weighted by atomic mass is 35.5. The number of halogens is 1. The van der Waals surface area contributed by atoms with Crippen LogP contribution in [0, 0.1) is 10.1 Å². The lowest BCUT2D eigenvalue weighted by Crippen LogP contribution is -2.39. The maximum Gasteiger partial charge on any atom is 0.323 e. The van der Waals surface area contributed by atoms with Crippen molar-refractivity contribution in [2.24, 2.45) is 0 Å². The van der Waals surface area contributed by atoms with E-state index in [0.717, 1.165) is 0 Å². The van der Waals surface area contributed by atoms with E-state index in [4.69, 9.17) is 21.8 Å². The zero-order valence-corrected chi connectivity index (χ0v) is 9.92. The molecule has 0 fully saturated rings. The zero-order chi connectivity index (χ0) is 13.7. The van der Waals surface area contributed by atoms with E-state index in [1.54, 1.807) is 0 Å². The molecule has 18 heavy (non-hydrogen) atoms. The molecule has 0 aliphatic carbocycles. The Hall–Kier alpha value is -1.70. The molecule has 1 rings (SSSR count). The van der Waals surface area contributed by atoms with E-state index in [1.807, 2.05) is 0 Å². The van der Waals surface area contributed by atoms with Crippen LogP contribution in [0.4, 0.5) is 5.69 Å². The second kappa shape index (κ2) is 6.29. The maximum absolute atomic E-state index is 10.8. The van der Waals surface area contributed by atoms with E-state index in [0.29, 0.717) is 5.02 Å². The summed E-state index contributed by atoms with van der Waals surface area (Å²) in [7, 11) is 0. The van der Waals surface area contributed by atoms with Crippen molar-refractivity contribution in [3.63, 3.8) is 0 Å².